The summed E-state index contributed by atoms with van der Waals surface area (Å²) in [5.74, 6) is 0.690. The van der Waals surface area contributed by atoms with Gasteiger partial charge in [-0.2, -0.15) is 0 Å². The Morgan fingerprint density at radius 3 is 2.42 bits per heavy atom. The van der Waals surface area contributed by atoms with Gasteiger partial charge < -0.3 is 10.1 Å². The van der Waals surface area contributed by atoms with Gasteiger partial charge in [-0.05, 0) is 43.8 Å². The topological polar surface area (TPSA) is 41.6 Å². The third-order valence-electron chi connectivity index (χ3n) is 4.90. The Kier molecular flexibility index (Phi) is 6.27. The first-order valence-corrected chi connectivity index (χ1v) is 9.01. The number of amides is 1. The molecular formula is C20H32N2O2. The number of carbonyl (C=O) groups excluding carboxylic acids is 1. The van der Waals surface area contributed by atoms with Gasteiger partial charge in [0.2, 0.25) is 5.91 Å². The number of rotatable bonds is 5. The zero-order valence-corrected chi connectivity index (χ0v) is 15.7. The van der Waals surface area contributed by atoms with Crippen LogP contribution < -0.4 is 5.32 Å². The fourth-order valence-corrected chi connectivity index (χ4v) is 3.25. The van der Waals surface area contributed by atoms with Gasteiger partial charge in [-0.1, -0.05) is 45.8 Å². The molecule has 1 N–H and O–H groups in total. The van der Waals surface area contributed by atoms with Crippen molar-refractivity contribution in [2.75, 3.05) is 26.7 Å². The Morgan fingerprint density at radius 1 is 1.25 bits per heavy atom. The fraction of sp³-hybridized carbons (Fsp3) is 0.650. The molecule has 1 amide bonds. The predicted octanol–water partition coefficient (Wildman–Crippen LogP) is 3.77. The highest BCUT2D eigenvalue weighted by Gasteiger charge is 2.27. The summed E-state index contributed by atoms with van der Waals surface area (Å²) in [4.78, 5) is 14.8. The molecule has 4 heteroatoms. The van der Waals surface area contributed by atoms with E-state index in [1.807, 2.05) is 0 Å². The Bertz CT molecular complexity index is 544. The molecule has 0 aromatic rings. The van der Waals surface area contributed by atoms with Crippen molar-refractivity contribution in [1.29, 1.82) is 0 Å². The van der Waals surface area contributed by atoms with E-state index >= 15 is 0 Å². The van der Waals surface area contributed by atoms with Crippen LogP contribution in [0.15, 0.2) is 35.3 Å². The predicted molar refractivity (Wildman–Crippen MR) is 98.4 cm³/mol. The van der Waals surface area contributed by atoms with Crippen LogP contribution in [0.5, 0.6) is 0 Å². The van der Waals surface area contributed by atoms with Crippen molar-refractivity contribution in [3.8, 4) is 0 Å². The molecule has 0 unspecified atom stereocenters. The van der Waals surface area contributed by atoms with E-state index in [1.165, 1.54) is 31.3 Å². The molecular weight excluding hydrogens is 300 g/mol. The summed E-state index contributed by atoms with van der Waals surface area (Å²) >= 11 is 0. The van der Waals surface area contributed by atoms with Crippen molar-refractivity contribution < 1.29 is 9.53 Å². The summed E-state index contributed by atoms with van der Waals surface area (Å²) in [6.45, 7) is 13.1. The number of likely N-dealkylation sites (tertiary alicyclic amines) is 1. The lowest BCUT2D eigenvalue weighted by molar-refractivity contribution is -0.121. The van der Waals surface area contributed by atoms with Crippen LogP contribution in [0.3, 0.4) is 0 Å². The van der Waals surface area contributed by atoms with Gasteiger partial charge in [0.05, 0.1) is 13.7 Å². The molecule has 1 saturated heterocycles. The molecule has 0 aromatic carbocycles. The maximum atomic E-state index is 12.5. The number of allylic oxidation sites excluding steroid dienone is 3. The number of nitrogens with one attached hydrogen (secondary N) is 1. The number of nitrogens with zero attached hydrogens (tertiary/aromatic N) is 1. The maximum Gasteiger partial charge on any atom is 0.238 e. The molecule has 2 aliphatic rings. The lowest BCUT2D eigenvalue weighted by Gasteiger charge is -2.20. The van der Waals surface area contributed by atoms with Crippen molar-refractivity contribution in [3.05, 3.63) is 35.3 Å². The lowest BCUT2D eigenvalue weighted by atomic mass is 9.85. The molecule has 1 fully saturated rings. The molecule has 1 heterocycles. The van der Waals surface area contributed by atoms with Crippen molar-refractivity contribution in [1.82, 2.24) is 10.2 Å². The largest absolute Gasteiger partial charge is 0.497 e. The zero-order chi connectivity index (χ0) is 17.7. The number of carbonyl (C=O) groups is 1. The van der Waals surface area contributed by atoms with E-state index in [9.17, 15) is 4.79 Å². The van der Waals surface area contributed by atoms with Gasteiger partial charge in [-0.25, -0.2) is 0 Å². The minimum Gasteiger partial charge on any atom is -0.497 e. The van der Waals surface area contributed by atoms with E-state index in [-0.39, 0.29) is 11.3 Å². The van der Waals surface area contributed by atoms with E-state index in [1.54, 1.807) is 7.11 Å². The molecule has 24 heavy (non-hydrogen) atoms. The Morgan fingerprint density at radius 2 is 1.88 bits per heavy atom. The Labute approximate surface area is 146 Å². The van der Waals surface area contributed by atoms with Crippen molar-refractivity contribution in [3.63, 3.8) is 0 Å². The van der Waals surface area contributed by atoms with Gasteiger partial charge in [0.25, 0.3) is 0 Å². The van der Waals surface area contributed by atoms with Crippen LogP contribution in [-0.4, -0.2) is 37.6 Å². The molecule has 2 rings (SSSR count). The van der Waals surface area contributed by atoms with Crippen LogP contribution in [0.2, 0.25) is 0 Å². The van der Waals surface area contributed by atoms with E-state index in [0.29, 0.717) is 12.3 Å². The summed E-state index contributed by atoms with van der Waals surface area (Å²) < 4.78 is 5.33. The Balaban J connectivity index is 2.06. The van der Waals surface area contributed by atoms with Gasteiger partial charge in [-0.3, -0.25) is 9.69 Å². The highest BCUT2D eigenvalue weighted by molar-refractivity contribution is 5.81. The van der Waals surface area contributed by atoms with Crippen LogP contribution in [0.4, 0.5) is 0 Å². The average Bonchev–Trinajstić information content (AvgIpc) is 2.76. The summed E-state index contributed by atoms with van der Waals surface area (Å²) in [5.41, 5.74) is 3.20. The minimum absolute atomic E-state index is 0.0553. The second-order valence-electron chi connectivity index (χ2n) is 7.85. The molecule has 1 aliphatic carbocycles. The molecule has 0 aromatic heterocycles. The number of hydrogen-bond donors (Lipinski definition) is 1. The van der Waals surface area contributed by atoms with E-state index < -0.39 is 0 Å². The van der Waals surface area contributed by atoms with Crippen LogP contribution in [-0.2, 0) is 9.53 Å². The smallest absolute Gasteiger partial charge is 0.238 e. The van der Waals surface area contributed by atoms with Crippen LogP contribution >= 0.6 is 0 Å². The minimum atomic E-state index is 0.0553. The van der Waals surface area contributed by atoms with E-state index in [4.69, 9.17) is 4.74 Å². The van der Waals surface area contributed by atoms with Gasteiger partial charge in [0, 0.05) is 11.3 Å². The molecule has 134 valence electrons. The van der Waals surface area contributed by atoms with Crippen molar-refractivity contribution in [2.24, 2.45) is 5.41 Å². The first kappa shape index (κ1) is 18.8. The van der Waals surface area contributed by atoms with Gasteiger partial charge in [0.1, 0.15) is 5.76 Å². The Hall–Kier alpha value is -1.55. The summed E-state index contributed by atoms with van der Waals surface area (Å²) in [5, 5.41) is 3.10. The molecule has 4 nitrogen and oxygen atoms in total. The normalized spacial score (nSPS) is 19.8. The van der Waals surface area contributed by atoms with Gasteiger partial charge in [-0.15, -0.1) is 0 Å². The SMILES string of the molecule is C=C(OC)C1=C(NC(=O)CN2CCCCCC2)C=C(C(C)(C)C)C1. The maximum absolute atomic E-state index is 12.5. The second-order valence-corrected chi connectivity index (χ2v) is 7.85. The van der Waals surface area contributed by atoms with Gasteiger partial charge >= 0.3 is 0 Å². The number of methoxy groups -OCH3 is 1. The first-order chi connectivity index (χ1) is 11.3. The molecule has 0 spiro atoms. The fourth-order valence-electron chi connectivity index (χ4n) is 3.25. The third kappa shape index (κ3) is 4.97. The quantitative estimate of drug-likeness (QED) is 0.779. The van der Waals surface area contributed by atoms with Gasteiger partial charge in [0.15, 0.2) is 0 Å². The number of ether oxygens (including phenoxy) is 1. The molecule has 1 aliphatic heterocycles. The molecule has 0 saturated carbocycles. The summed E-state index contributed by atoms with van der Waals surface area (Å²) in [6.07, 6.45) is 7.82. The summed E-state index contributed by atoms with van der Waals surface area (Å²) in [7, 11) is 1.63. The van der Waals surface area contributed by atoms with Crippen LogP contribution in [0.1, 0.15) is 52.9 Å². The zero-order valence-electron chi connectivity index (χ0n) is 15.7. The van der Waals surface area contributed by atoms with Crippen molar-refractivity contribution >= 4 is 5.91 Å². The molecule has 0 radical (unpaired) electrons. The molecule has 0 bridgehead atoms. The van der Waals surface area contributed by atoms with E-state index in [2.05, 4.69) is 43.6 Å². The second kappa shape index (κ2) is 8.02. The van der Waals surface area contributed by atoms with Crippen molar-refractivity contribution in [2.45, 2.75) is 52.9 Å². The van der Waals surface area contributed by atoms with Crippen LogP contribution in [0.25, 0.3) is 0 Å². The third-order valence-corrected chi connectivity index (χ3v) is 4.90. The number of hydrogen-bond acceptors (Lipinski definition) is 3. The first-order valence-electron chi connectivity index (χ1n) is 9.01. The highest BCUT2D eigenvalue weighted by Crippen LogP contribution is 2.38. The summed E-state index contributed by atoms with van der Waals surface area (Å²) in [6, 6.07) is 0. The highest BCUT2D eigenvalue weighted by atomic mass is 16.5. The molecule has 0 atom stereocenters. The van der Waals surface area contributed by atoms with E-state index in [0.717, 1.165) is 30.8 Å². The average molecular weight is 332 g/mol. The van der Waals surface area contributed by atoms with Crippen LogP contribution in [0, 0.1) is 5.41 Å². The monoisotopic (exact) mass is 332 g/mol. The standard InChI is InChI=1S/C20H32N2O2/c1-15(24-5)17-12-16(20(2,3)4)13-18(17)21-19(23)14-22-10-8-6-7-9-11-22/h13H,1,6-12,14H2,2-5H3,(H,21,23). The lowest BCUT2D eigenvalue weighted by Crippen LogP contribution is -2.37.